The van der Waals surface area contributed by atoms with Gasteiger partial charge in [0, 0.05) is 5.92 Å². The van der Waals surface area contributed by atoms with Gasteiger partial charge in [0.25, 0.3) is 0 Å². The van der Waals surface area contributed by atoms with E-state index in [0.717, 1.165) is 5.82 Å². The maximum Gasteiger partial charge on any atom is 0.305 e. The molecule has 1 saturated carbocycles. The van der Waals surface area contributed by atoms with Gasteiger partial charge in [0.2, 0.25) is 0 Å². The van der Waals surface area contributed by atoms with Crippen LogP contribution in [-0.2, 0) is 4.79 Å². The van der Waals surface area contributed by atoms with Gasteiger partial charge in [-0.2, -0.15) is 0 Å². The van der Waals surface area contributed by atoms with Crippen molar-refractivity contribution in [1.29, 1.82) is 0 Å². The van der Waals surface area contributed by atoms with Gasteiger partial charge in [-0.25, -0.2) is 4.68 Å². The number of hydrogen-bond acceptors (Lipinski definition) is 4. The van der Waals surface area contributed by atoms with Crippen molar-refractivity contribution >= 4 is 5.97 Å². The van der Waals surface area contributed by atoms with Crippen LogP contribution in [0.15, 0.2) is 0 Å². The summed E-state index contributed by atoms with van der Waals surface area (Å²) in [6, 6.07) is -0.223. The van der Waals surface area contributed by atoms with Crippen LogP contribution >= 0.6 is 0 Å². The lowest BCUT2D eigenvalue weighted by Gasteiger charge is -2.11. The summed E-state index contributed by atoms with van der Waals surface area (Å²) in [6.45, 7) is 10.6. The summed E-state index contributed by atoms with van der Waals surface area (Å²) in [6.07, 6.45) is 0.0334. The number of tetrazole rings is 1. The molecule has 0 amide bonds. The van der Waals surface area contributed by atoms with Crippen molar-refractivity contribution in [1.82, 2.24) is 20.2 Å². The molecule has 1 fully saturated rings. The van der Waals surface area contributed by atoms with Gasteiger partial charge in [-0.3, -0.25) is 4.79 Å². The topological polar surface area (TPSA) is 80.9 Å². The second kappa shape index (κ2) is 3.76. The molecule has 0 aromatic carbocycles. The first-order valence-electron chi connectivity index (χ1n) is 6.19. The molecule has 0 saturated heterocycles. The van der Waals surface area contributed by atoms with E-state index in [2.05, 4.69) is 43.2 Å². The molecular weight excluding hydrogens is 232 g/mol. The van der Waals surface area contributed by atoms with Gasteiger partial charge < -0.3 is 5.11 Å². The van der Waals surface area contributed by atoms with Crippen LogP contribution in [0.25, 0.3) is 0 Å². The molecule has 2 rings (SSSR count). The highest BCUT2D eigenvalue weighted by atomic mass is 16.4. The minimum Gasteiger partial charge on any atom is -0.481 e. The van der Waals surface area contributed by atoms with Crippen molar-refractivity contribution in [2.24, 2.45) is 10.8 Å². The predicted octanol–water partition coefficient (Wildman–Crippen LogP) is 1.86. The zero-order chi connectivity index (χ0) is 13.7. The van der Waals surface area contributed by atoms with E-state index in [4.69, 9.17) is 5.11 Å². The molecule has 1 aromatic heterocycles. The quantitative estimate of drug-likeness (QED) is 0.884. The Morgan fingerprint density at radius 2 is 1.94 bits per heavy atom. The Morgan fingerprint density at radius 1 is 1.39 bits per heavy atom. The molecule has 0 spiro atoms. The van der Waals surface area contributed by atoms with Crippen LogP contribution < -0.4 is 0 Å². The Morgan fingerprint density at radius 3 is 2.39 bits per heavy atom. The first-order chi connectivity index (χ1) is 8.19. The van der Waals surface area contributed by atoms with Crippen LogP contribution in [0.3, 0.4) is 0 Å². The number of hydrogen-bond donors (Lipinski definition) is 1. The summed E-state index contributed by atoms with van der Waals surface area (Å²) in [4.78, 5) is 10.8. The van der Waals surface area contributed by atoms with Crippen LogP contribution in [0.2, 0.25) is 0 Å². The zero-order valence-corrected chi connectivity index (χ0v) is 11.5. The fraction of sp³-hybridized carbons (Fsp3) is 0.833. The number of nitrogens with zero attached hydrogens (tertiary/aromatic N) is 4. The smallest absolute Gasteiger partial charge is 0.305 e. The van der Waals surface area contributed by atoms with E-state index in [-0.39, 0.29) is 29.2 Å². The largest absolute Gasteiger partial charge is 0.481 e. The van der Waals surface area contributed by atoms with Crippen molar-refractivity contribution in [3.8, 4) is 0 Å². The summed E-state index contributed by atoms with van der Waals surface area (Å²) >= 11 is 0. The minimum absolute atomic E-state index is 0.0334. The van der Waals surface area contributed by atoms with Crippen LogP contribution in [0, 0.1) is 10.8 Å². The molecule has 1 unspecified atom stereocenters. The number of carboxylic acids is 1. The Hall–Kier alpha value is -1.46. The maximum atomic E-state index is 10.8. The first-order valence-corrected chi connectivity index (χ1v) is 6.19. The Bertz CT molecular complexity index is 464. The van der Waals surface area contributed by atoms with Gasteiger partial charge in [-0.1, -0.05) is 27.7 Å². The van der Waals surface area contributed by atoms with E-state index in [0.29, 0.717) is 0 Å². The van der Waals surface area contributed by atoms with Crippen molar-refractivity contribution in [3.63, 3.8) is 0 Å². The molecule has 6 nitrogen and oxygen atoms in total. The van der Waals surface area contributed by atoms with Crippen molar-refractivity contribution < 1.29 is 9.90 Å². The lowest BCUT2D eigenvalue weighted by molar-refractivity contribution is -0.137. The summed E-state index contributed by atoms with van der Waals surface area (Å²) in [7, 11) is 0. The molecule has 1 heterocycles. The molecule has 0 aliphatic heterocycles. The Labute approximate surface area is 106 Å². The summed E-state index contributed by atoms with van der Waals surface area (Å²) in [5, 5.41) is 20.6. The van der Waals surface area contributed by atoms with Gasteiger partial charge in [0.15, 0.2) is 5.82 Å². The van der Waals surface area contributed by atoms with E-state index in [1.165, 1.54) is 0 Å². The van der Waals surface area contributed by atoms with Gasteiger partial charge in [-0.05, 0) is 28.2 Å². The number of aliphatic carboxylic acids is 1. The van der Waals surface area contributed by atoms with Gasteiger partial charge >= 0.3 is 5.97 Å². The molecule has 1 aromatic rings. The Balaban J connectivity index is 2.28. The zero-order valence-electron chi connectivity index (χ0n) is 11.5. The van der Waals surface area contributed by atoms with Gasteiger partial charge in [-0.15, -0.1) is 5.10 Å². The van der Waals surface area contributed by atoms with E-state index in [1.54, 1.807) is 4.68 Å². The average Bonchev–Trinajstić information content (AvgIpc) is 2.59. The highest BCUT2D eigenvalue weighted by Gasteiger charge is 2.67. The molecule has 0 bridgehead atoms. The fourth-order valence-corrected chi connectivity index (χ4v) is 2.89. The molecule has 1 N–H and O–H groups in total. The third kappa shape index (κ3) is 1.71. The molecular formula is C12H20N4O2. The van der Waals surface area contributed by atoms with Crippen LogP contribution in [0.5, 0.6) is 0 Å². The molecule has 6 heteroatoms. The second-order valence-electron chi connectivity index (χ2n) is 6.30. The summed E-state index contributed by atoms with van der Waals surface area (Å²) < 4.78 is 1.66. The van der Waals surface area contributed by atoms with E-state index < -0.39 is 5.97 Å². The molecule has 0 radical (unpaired) electrons. The predicted molar refractivity (Wildman–Crippen MR) is 65.1 cm³/mol. The number of carboxylic acid groups (broad SMARTS) is 1. The summed E-state index contributed by atoms with van der Waals surface area (Å²) in [5.74, 6) is 0.244. The number of aromatic nitrogens is 4. The third-order valence-corrected chi connectivity index (χ3v) is 4.68. The standard InChI is InChI=1S/C12H20N4O2/c1-7(6-8(17)18)16-10(13-14-15-16)9-11(2,3)12(9,4)5/h7,9H,6H2,1-5H3,(H,17,18). The average molecular weight is 252 g/mol. The SMILES string of the molecule is CC(CC(=O)O)n1nnnc1C1C(C)(C)C1(C)C. The molecule has 18 heavy (non-hydrogen) atoms. The van der Waals surface area contributed by atoms with E-state index in [9.17, 15) is 4.79 Å². The van der Waals surface area contributed by atoms with E-state index >= 15 is 0 Å². The number of carbonyl (C=O) groups is 1. The maximum absolute atomic E-state index is 10.8. The molecule has 1 aliphatic carbocycles. The fourth-order valence-electron chi connectivity index (χ4n) is 2.89. The minimum atomic E-state index is -0.835. The van der Waals surface area contributed by atoms with Crippen molar-refractivity contribution in [2.75, 3.05) is 0 Å². The summed E-state index contributed by atoms with van der Waals surface area (Å²) in [5.41, 5.74) is 0.283. The number of rotatable bonds is 4. The van der Waals surface area contributed by atoms with Crippen LogP contribution in [-0.4, -0.2) is 31.3 Å². The van der Waals surface area contributed by atoms with Gasteiger partial charge in [0.05, 0.1) is 12.5 Å². The lowest BCUT2D eigenvalue weighted by atomic mass is 10.0. The molecule has 1 atom stereocenters. The van der Waals surface area contributed by atoms with E-state index in [1.807, 2.05) is 6.92 Å². The monoisotopic (exact) mass is 252 g/mol. The molecule has 100 valence electrons. The van der Waals surface area contributed by atoms with Gasteiger partial charge in [0.1, 0.15) is 0 Å². The normalized spacial score (nSPS) is 22.7. The van der Waals surface area contributed by atoms with Crippen LogP contribution in [0.4, 0.5) is 0 Å². The van der Waals surface area contributed by atoms with Crippen LogP contribution in [0.1, 0.15) is 58.8 Å². The molecule has 1 aliphatic rings. The highest BCUT2D eigenvalue weighted by molar-refractivity contribution is 5.67. The Kier molecular flexibility index (Phi) is 2.72. The second-order valence-corrected chi connectivity index (χ2v) is 6.30. The van der Waals surface area contributed by atoms with Crippen molar-refractivity contribution in [2.45, 2.75) is 53.0 Å². The third-order valence-electron chi connectivity index (χ3n) is 4.68. The highest BCUT2D eigenvalue weighted by Crippen LogP contribution is 2.73. The lowest BCUT2D eigenvalue weighted by Crippen LogP contribution is -2.15. The first kappa shape index (κ1) is 13.0. The van der Waals surface area contributed by atoms with Crippen molar-refractivity contribution in [3.05, 3.63) is 5.82 Å².